The summed E-state index contributed by atoms with van der Waals surface area (Å²) in [5, 5.41) is 14.4. The predicted octanol–water partition coefficient (Wildman–Crippen LogP) is 4.10. The van der Waals surface area contributed by atoms with Crippen LogP contribution in [0.1, 0.15) is 30.1 Å². The second kappa shape index (κ2) is 9.16. The number of nitrogens with one attached hydrogen (secondary N) is 1. The Kier molecular flexibility index (Phi) is 6.64. The molecule has 1 aliphatic rings. The molecule has 0 spiro atoms. The van der Waals surface area contributed by atoms with Crippen LogP contribution >= 0.6 is 11.8 Å². The number of nitro benzene ring substituents is 1. The number of amides is 1. The lowest BCUT2D eigenvalue weighted by molar-refractivity contribution is -0.387. The van der Waals surface area contributed by atoms with Crippen LogP contribution < -0.4 is 5.32 Å². The normalized spacial score (nSPS) is 16.9. The first-order valence-corrected chi connectivity index (χ1v) is 10.0. The number of rotatable bonds is 7. The van der Waals surface area contributed by atoms with Crippen LogP contribution in [0.15, 0.2) is 52.3 Å². The number of carbonyl (C=O) groups is 1. The predicted molar refractivity (Wildman–Crippen MR) is 106 cm³/mol. The van der Waals surface area contributed by atoms with Crippen LogP contribution in [0.4, 0.5) is 10.1 Å². The first kappa shape index (κ1) is 20.3. The maximum absolute atomic E-state index is 13.0. The average molecular weight is 403 g/mol. The van der Waals surface area contributed by atoms with Gasteiger partial charge in [0.25, 0.3) is 11.6 Å². The zero-order valence-corrected chi connectivity index (χ0v) is 16.4. The number of hydrogen-bond donors (Lipinski definition) is 1. The lowest BCUT2D eigenvalue weighted by Gasteiger charge is -2.22. The molecular weight excluding hydrogens is 381 g/mol. The summed E-state index contributed by atoms with van der Waals surface area (Å²) in [7, 11) is 0. The maximum Gasteiger partial charge on any atom is 0.284 e. The monoisotopic (exact) mass is 403 g/mol. The van der Waals surface area contributed by atoms with Crippen molar-refractivity contribution in [2.75, 3.05) is 19.6 Å². The zero-order chi connectivity index (χ0) is 20.1. The van der Waals surface area contributed by atoms with E-state index in [0.29, 0.717) is 22.4 Å². The topological polar surface area (TPSA) is 75.5 Å². The molecule has 0 radical (unpaired) electrons. The number of benzene rings is 2. The molecule has 2 aromatic rings. The Morgan fingerprint density at radius 3 is 2.75 bits per heavy atom. The Labute approximate surface area is 167 Å². The molecule has 8 heteroatoms. The largest absolute Gasteiger partial charge is 0.350 e. The van der Waals surface area contributed by atoms with E-state index in [4.69, 9.17) is 0 Å². The second-order valence-corrected chi connectivity index (χ2v) is 7.75. The molecule has 1 heterocycles. The van der Waals surface area contributed by atoms with Gasteiger partial charge < -0.3 is 5.32 Å². The standard InChI is InChI=1S/C20H22FN3O3S/c1-2-23-11-3-4-16(23)13-22-20(25)14-5-10-19(18(12-14)24(26)27)28-17-8-6-15(21)7-9-17/h5-10,12,16H,2-4,11,13H2,1H3,(H,22,25)/t16-/m1/s1. The molecule has 1 amide bonds. The Hall–Kier alpha value is -2.45. The van der Waals surface area contributed by atoms with Crippen molar-refractivity contribution in [3.05, 3.63) is 64.0 Å². The van der Waals surface area contributed by atoms with Crippen molar-refractivity contribution in [3.8, 4) is 0 Å². The summed E-state index contributed by atoms with van der Waals surface area (Å²) >= 11 is 1.16. The summed E-state index contributed by atoms with van der Waals surface area (Å²) in [4.78, 5) is 26.9. The molecule has 2 aromatic carbocycles. The van der Waals surface area contributed by atoms with Crippen molar-refractivity contribution in [1.82, 2.24) is 10.2 Å². The average Bonchev–Trinajstić information content (AvgIpc) is 3.15. The molecule has 6 nitrogen and oxygen atoms in total. The van der Waals surface area contributed by atoms with Crippen LogP contribution in [0.2, 0.25) is 0 Å². The third-order valence-corrected chi connectivity index (χ3v) is 5.94. The fourth-order valence-corrected chi connectivity index (χ4v) is 4.27. The van der Waals surface area contributed by atoms with Crippen LogP contribution in [0.25, 0.3) is 0 Å². The summed E-state index contributed by atoms with van der Waals surface area (Å²) in [5.41, 5.74) is 0.120. The highest BCUT2D eigenvalue weighted by Gasteiger charge is 2.24. The number of carbonyl (C=O) groups excluding carboxylic acids is 1. The third-order valence-electron chi connectivity index (χ3n) is 4.86. The Morgan fingerprint density at radius 2 is 2.07 bits per heavy atom. The van der Waals surface area contributed by atoms with Gasteiger partial charge >= 0.3 is 0 Å². The van der Waals surface area contributed by atoms with E-state index in [9.17, 15) is 19.3 Å². The smallest absolute Gasteiger partial charge is 0.284 e. The van der Waals surface area contributed by atoms with Gasteiger partial charge in [-0.2, -0.15) is 0 Å². The molecule has 0 bridgehead atoms. The minimum atomic E-state index is -0.502. The van der Waals surface area contributed by atoms with Gasteiger partial charge in [-0.15, -0.1) is 0 Å². The summed E-state index contributed by atoms with van der Waals surface area (Å²) in [6.45, 7) is 4.62. The zero-order valence-electron chi connectivity index (χ0n) is 15.6. The van der Waals surface area contributed by atoms with E-state index in [0.717, 1.165) is 37.7 Å². The minimum Gasteiger partial charge on any atom is -0.350 e. The van der Waals surface area contributed by atoms with Crippen molar-refractivity contribution in [3.63, 3.8) is 0 Å². The van der Waals surface area contributed by atoms with Crippen LogP contribution in [0, 0.1) is 15.9 Å². The van der Waals surface area contributed by atoms with Crippen LogP contribution in [0.3, 0.4) is 0 Å². The van der Waals surface area contributed by atoms with E-state index in [2.05, 4.69) is 17.1 Å². The van der Waals surface area contributed by atoms with Crippen LogP contribution in [0.5, 0.6) is 0 Å². The summed E-state index contributed by atoms with van der Waals surface area (Å²) < 4.78 is 13.0. The molecule has 1 N–H and O–H groups in total. The summed E-state index contributed by atoms with van der Waals surface area (Å²) in [6.07, 6.45) is 2.16. The number of halogens is 1. The highest BCUT2D eigenvalue weighted by molar-refractivity contribution is 7.99. The number of nitrogens with zero attached hydrogens (tertiary/aromatic N) is 2. The maximum atomic E-state index is 13.0. The lowest BCUT2D eigenvalue weighted by atomic mass is 10.1. The third kappa shape index (κ3) is 4.88. The second-order valence-electron chi connectivity index (χ2n) is 6.63. The molecule has 0 aliphatic carbocycles. The Balaban J connectivity index is 1.71. The van der Waals surface area contributed by atoms with E-state index in [1.165, 1.54) is 18.2 Å². The number of likely N-dealkylation sites (N-methyl/N-ethyl adjacent to an activating group) is 1. The Morgan fingerprint density at radius 1 is 1.32 bits per heavy atom. The van der Waals surface area contributed by atoms with Gasteiger partial charge in [-0.05, 0) is 62.3 Å². The van der Waals surface area contributed by atoms with Crippen LogP contribution in [-0.2, 0) is 0 Å². The van der Waals surface area contributed by atoms with Crippen molar-refractivity contribution in [1.29, 1.82) is 0 Å². The van der Waals surface area contributed by atoms with E-state index < -0.39 is 4.92 Å². The molecule has 0 aromatic heterocycles. The molecule has 148 valence electrons. The minimum absolute atomic E-state index is 0.141. The van der Waals surface area contributed by atoms with E-state index >= 15 is 0 Å². The van der Waals surface area contributed by atoms with E-state index in [1.54, 1.807) is 24.3 Å². The van der Waals surface area contributed by atoms with Gasteiger partial charge in [0, 0.05) is 29.1 Å². The lowest BCUT2D eigenvalue weighted by Crippen LogP contribution is -2.40. The summed E-state index contributed by atoms with van der Waals surface area (Å²) in [5.74, 6) is -0.681. The molecule has 1 fully saturated rings. The van der Waals surface area contributed by atoms with Crippen molar-refractivity contribution in [2.24, 2.45) is 0 Å². The first-order valence-electron chi connectivity index (χ1n) is 9.22. The Bertz CT molecular complexity index is 860. The molecule has 1 aliphatic heterocycles. The number of hydrogen-bond acceptors (Lipinski definition) is 5. The van der Waals surface area contributed by atoms with Gasteiger partial charge in [-0.1, -0.05) is 18.7 Å². The molecule has 1 saturated heterocycles. The van der Waals surface area contributed by atoms with E-state index in [-0.39, 0.29) is 23.0 Å². The van der Waals surface area contributed by atoms with Gasteiger partial charge in [0.2, 0.25) is 0 Å². The fraction of sp³-hybridized carbons (Fsp3) is 0.350. The van der Waals surface area contributed by atoms with Gasteiger partial charge in [-0.3, -0.25) is 19.8 Å². The SMILES string of the molecule is CCN1CCC[C@@H]1CNC(=O)c1ccc(Sc2ccc(F)cc2)c([N+](=O)[O-])c1. The molecule has 0 saturated carbocycles. The molecule has 28 heavy (non-hydrogen) atoms. The van der Waals surface area contributed by atoms with Gasteiger partial charge in [0.15, 0.2) is 0 Å². The summed E-state index contributed by atoms with van der Waals surface area (Å²) in [6, 6.07) is 10.5. The molecular formula is C20H22FN3O3S. The van der Waals surface area contributed by atoms with E-state index in [1.807, 2.05) is 0 Å². The van der Waals surface area contributed by atoms with Crippen LogP contribution in [-0.4, -0.2) is 41.4 Å². The highest BCUT2D eigenvalue weighted by atomic mass is 32.2. The number of likely N-dealkylation sites (tertiary alicyclic amines) is 1. The quantitative estimate of drug-likeness (QED) is 0.556. The van der Waals surface area contributed by atoms with Crippen molar-refractivity contribution < 1.29 is 14.1 Å². The van der Waals surface area contributed by atoms with Gasteiger partial charge in [0.1, 0.15) is 5.82 Å². The first-order chi connectivity index (χ1) is 13.5. The van der Waals surface area contributed by atoms with Gasteiger partial charge in [0.05, 0.1) is 9.82 Å². The van der Waals surface area contributed by atoms with Gasteiger partial charge in [-0.25, -0.2) is 4.39 Å². The van der Waals surface area contributed by atoms with Crippen molar-refractivity contribution in [2.45, 2.75) is 35.6 Å². The van der Waals surface area contributed by atoms with Crippen molar-refractivity contribution >= 4 is 23.4 Å². The molecule has 1 atom stereocenters. The fourth-order valence-electron chi connectivity index (χ4n) is 3.37. The number of nitro groups is 1. The highest BCUT2D eigenvalue weighted by Crippen LogP contribution is 2.35. The molecule has 0 unspecified atom stereocenters. The molecule has 3 rings (SSSR count).